The standard InChI is InChI=1S/C10H9O.C6H6.CH4.FH.HI.Y.H2/c1-2-6-10(11)9-7-4-3-5-8-9;1-2-4-6-5-3-1;;;;;/h2-5,7H,1,6H2;1-6H;1H4;2*1H;;1H/q-1;;;;;;. The number of hydrogen-bond donors (Lipinski definition) is 0. The zero-order valence-corrected chi connectivity index (χ0v) is 16.2. The maximum atomic E-state index is 11.1. The summed E-state index contributed by atoms with van der Waals surface area (Å²) in [6, 6.07) is 22.0. The van der Waals surface area contributed by atoms with Crippen LogP contribution in [-0.4, -0.2) is 5.78 Å². The van der Waals surface area contributed by atoms with Gasteiger partial charge in [0.05, 0.1) is 5.78 Å². The number of carbonyl (C=O) groups is 1. The first kappa shape index (κ1) is 28.8. The van der Waals surface area contributed by atoms with Crippen molar-refractivity contribution in [2.75, 3.05) is 0 Å². The van der Waals surface area contributed by atoms with Crippen molar-refractivity contribution in [3.63, 3.8) is 0 Å². The summed E-state index contributed by atoms with van der Waals surface area (Å²) < 4.78 is 0. The quantitative estimate of drug-likeness (QED) is 0.327. The van der Waals surface area contributed by atoms with Gasteiger partial charge in [0.25, 0.3) is 0 Å². The molecular weight excluding hydrogens is 455 g/mol. The van der Waals surface area contributed by atoms with Crippen molar-refractivity contribution < 1.29 is 43.6 Å². The molecule has 0 bridgehead atoms. The van der Waals surface area contributed by atoms with Crippen LogP contribution in [0.5, 0.6) is 0 Å². The van der Waals surface area contributed by atoms with Crippen LogP contribution in [-0.2, 0) is 32.7 Å². The Kier molecular flexibility index (Phi) is 27.1. The number of rotatable bonds is 3. The molecule has 0 aliphatic heterocycles. The Bertz CT molecular complexity index is 402. The van der Waals surface area contributed by atoms with E-state index in [9.17, 15) is 4.79 Å². The van der Waals surface area contributed by atoms with Crippen molar-refractivity contribution in [3.8, 4) is 0 Å². The largest absolute Gasteiger partial charge is 0.354 e. The van der Waals surface area contributed by atoms with Gasteiger partial charge < -0.3 is 4.79 Å². The zero-order chi connectivity index (χ0) is 12.3. The molecule has 2 rings (SSSR count). The van der Waals surface area contributed by atoms with Crippen LogP contribution >= 0.6 is 24.0 Å². The summed E-state index contributed by atoms with van der Waals surface area (Å²) in [4.78, 5) is 11.1. The molecule has 4 heteroatoms. The molecule has 1 radical (unpaired) electrons. The first-order valence-corrected chi connectivity index (χ1v) is 5.45. The van der Waals surface area contributed by atoms with E-state index in [1.807, 2.05) is 48.5 Å². The summed E-state index contributed by atoms with van der Waals surface area (Å²) in [5.41, 5.74) is 0.632. The summed E-state index contributed by atoms with van der Waals surface area (Å²) in [5, 5.41) is 0. The maximum absolute atomic E-state index is 11.1. The van der Waals surface area contributed by atoms with E-state index in [1.165, 1.54) is 0 Å². The van der Waals surface area contributed by atoms with Crippen molar-refractivity contribution >= 4 is 29.8 Å². The third-order valence-electron chi connectivity index (χ3n) is 2.01. The molecule has 2 aromatic rings. The molecule has 0 saturated heterocycles. The van der Waals surface area contributed by atoms with Crippen LogP contribution in [0.2, 0.25) is 0 Å². The SMILES string of the molecule is C.F.I.[CH2+][CH-]CC(=O)c1[c-]cccc1.[HH].[Y].c1ccccc1. The molecule has 0 N–H and O–H groups in total. The number of hydrogen-bond acceptors (Lipinski definition) is 1. The molecule has 2 aromatic carbocycles. The molecule has 0 fully saturated rings. The average molecular weight is 478 g/mol. The molecule has 0 spiro atoms. The number of Topliss-reactive ketones (excluding diaryl/α,β-unsaturated/α-hetero) is 1. The third kappa shape index (κ3) is 14.4. The molecule has 0 amide bonds. The van der Waals surface area contributed by atoms with Crippen LogP contribution in [0.4, 0.5) is 4.70 Å². The van der Waals surface area contributed by atoms with E-state index in [0.717, 1.165) is 0 Å². The molecule has 0 aliphatic rings. The number of carbonyl (C=O) groups excluding carboxylic acids is 1. The van der Waals surface area contributed by atoms with E-state index in [-0.39, 0.29) is 76.0 Å². The van der Waals surface area contributed by atoms with Gasteiger partial charge in [0, 0.05) is 34.1 Å². The van der Waals surface area contributed by atoms with Gasteiger partial charge in [-0.2, -0.15) is 0 Å². The molecule has 0 saturated carbocycles. The van der Waals surface area contributed by atoms with Gasteiger partial charge in [0.1, 0.15) is 0 Å². The fraction of sp³-hybridized carbons (Fsp3) is 0.118. The van der Waals surface area contributed by atoms with Crippen molar-refractivity contribution in [2.45, 2.75) is 13.8 Å². The van der Waals surface area contributed by atoms with E-state index in [1.54, 1.807) is 18.6 Å². The summed E-state index contributed by atoms with van der Waals surface area (Å²) in [7, 11) is 0. The van der Waals surface area contributed by atoms with E-state index in [2.05, 4.69) is 13.0 Å². The molecule has 21 heavy (non-hydrogen) atoms. The summed E-state index contributed by atoms with van der Waals surface area (Å²) in [5.74, 6) is 0.0700. The predicted octanol–water partition coefficient (Wildman–Crippen LogP) is 5.43. The fourth-order valence-electron chi connectivity index (χ4n) is 1.19. The molecule has 0 heterocycles. The Morgan fingerprint density at radius 1 is 1.10 bits per heavy atom. The second kappa shape index (κ2) is 19.7. The minimum atomic E-state index is 0. The van der Waals surface area contributed by atoms with Crippen LogP contribution in [0.15, 0.2) is 60.7 Å². The zero-order valence-electron chi connectivity index (χ0n) is 11.1. The average Bonchev–Trinajstić information content (AvgIpc) is 2.43. The maximum Gasteiger partial charge on any atom is 0.0530 e. The second-order valence-corrected chi connectivity index (χ2v) is 3.35. The molecule has 0 aliphatic carbocycles. The normalized spacial score (nSPS) is 7.24. The number of ketones is 1. The van der Waals surface area contributed by atoms with Gasteiger partial charge in [0.2, 0.25) is 0 Å². The van der Waals surface area contributed by atoms with Gasteiger partial charge >= 0.3 is 0 Å². The van der Waals surface area contributed by atoms with Crippen LogP contribution < -0.4 is 0 Å². The predicted molar refractivity (Wildman–Crippen MR) is 97.1 cm³/mol. The van der Waals surface area contributed by atoms with Crippen molar-refractivity contribution in [1.29, 1.82) is 0 Å². The van der Waals surface area contributed by atoms with Gasteiger partial charge in [-0.15, -0.1) is 72.7 Å². The van der Waals surface area contributed by atoms with E-state index in [0.29, 0.717) is 12.0 Å². The Morgan fingerprint density at radius 3 is 1.90 bits per heavy atom. The van der Waals surface area contributed by atoms with Crippen molar-refractivity contribution in [3.05, 3.63) is 85.6 Å². The van der Waals surface area contributed by atoms with Crippen LogP contribution in [0.1, 0.15) is 25.6 Å². The summed E-state index contributed by atoms with van der Waals surface area (Å²) in [6.45, 7) is 3.49. The Balaban J connectivity index is -0.0000000779. The van der Waals surface area contributed by atoms with Crippen LogP contribution in [0.3, 0.4) is 0 Å². The molecule has 115 valence electrons. The topological polar surface area (TPSA) is 17.1 Å². The smallest absolute Gasteiger partial charge is 0.0530 e. The number of halogens is 2. The molecular formula is C17H23FIOY-. The summed E-state index contributed by atoms with van der Waals surface area (Å²) in [6.07, 6.45) is 1.99. The molecule has 0 aromatic heterocycles. The first-order chi connectivity index (χ1) is 8.34. The first-order valence-electron chi connectivity index (χ1n) is 5.45. The fourth-order valence-corrected chi connectivity index (χ4v) is 1.19. The molecule has 0 unspecified atom stereocenters. The van der Waals surface area contributed by atoms with Gasteiger partial charge in [-0.1, -0.05) is 50.7 Å². The van der Waals surface area contributed by atoms with E-state index >= 15 is 0 Å². The van der Waals surface area contributed by atoms with Crippen LogP contribution in [0, 0.1) is 19.4 Å². The van der Waals surface area contributed by atoms with E-state index in [4.69, 9.17) is 0 Å². The van der Waals surface area contributed by atoms with Crippen LogP contribution in [0.25, 0.3) is 0 Å². The van der Waals surface area contributed by atoms with Crippen molar-refractivity contribution in [2.24, 2.45) is 0 Å². The van der Waals surface area contributed by atoms with Crippen molar-refractivity contribution in [1.82, 2.24) is 0 Å². The van der Waals surface area contributed by atoms with Gasteiger partial charge in [0.15, 0.2) is 0 Å². The Morgan fingerprint density at radius 2 is 1.57 bits per heavy atom. The molecule has 0 atom stereocenters. The monoisotopic (exact) mass is 478 g/mol. The Labute approximate surface area is 171 Å². The summed E-state index contributed by atoms with van der Waals surface area (Å²) >= 11 is 0. The Hall–Kier alpha value is -0.256. The minimum absolute atomic E-state index is 0. The van der Waals surface area contributed by atoms with E-state index < -0.39 is 0 Å². The number of benzene rings is 2. The van der Waals surface area contributed by atoms with Gasteiger partial charge in [-0.25, -0.2) is 0 Å². The minimum Gasteiger partial charge on any atom is -0.354 e. The van der Waals surface area contributed by atoms with Gasteiger partial charge in [-0.05, 0) is 0 Å². The van der Waals surface area contributed by atoms with Gasteiger partial charge in [-0.3, -0.25) is 4.70 Å². The second-order valence-electron chi connectivity index (χ2n) is 3.35. The third-order valence-corrected chi connectivity index (χ3v) is 2.01. The molecule has 1 nitrogen and oxygen atoms in total.